The van der Waals surface area contributed by atoms with E-state index < -0.39 is 0 Å². The molecule has 1 unspecified atom stereocenters. The van der Waals surface area contributed by atoms with E-state index in [4.69, 9.17) is 10.5 Å². The van der Waals surface area contributed by atoms with Crippen LogP contribution in [0.4, 0.5) is 0 Å². The van der Waals surface area contributed by atoms with E-state index in [1.807, 2.05) is 24.3 Å². The van der Waals surface area contributed by atoms with Gasteiger partial charge >= 0.3 is 0 Å². The van der Waals surface area contributed by atoms with Gasteiger partial charge in [0.2, 0.25) is 0 Å². The minimum atomic E-state index is 0.0568. The molecule has 0 fully saturated rings. The van der Waals surface area contributed by atoms with Gasteiger partial charge < -0.3 is 15.8 Å². The average molecular weight is 337 g/mol. The number of guanidine groups is 1. The Labute approximate surface area is 150 Å². The van der Waals surface area contributed by atoms with Crippen molar-refractivity contribution in [1.29, 1.82) is 0 Å². The maximum Gasteiger partial charge on any atom is 0.189 e. The summed E-state index contributed by atoms with van der Waals surface area (Å²) in [7, 11) is 0. The van der Waals surface area contributed by atoms with E-state index in [1.165, 1.54) is 5.56 Å². The first-order valence-corrected chi connectivity index (χ1v) is 8.86. The Kier molecular flexibility index (Phi) is 5.27. The molecule has 2 aromatic rings. The second-order valence-electron chi connectivity index (χ2n) is 7.40. The van der Waals surface area contributed by atoms with Gasteiger partial charge in [-0.1, -0.05) is 62.4 Å². The van der Waals surface area contributed by atoms with Crippen molar-refractivity contribution in [2.24, 2.45) is 16.1 Å². The van der Waals surface area contributed by atoms with Crippen molar-refractivity contribution in [3.63, 3.8) is 0 Å². The van der Waals surface area contributed by atoms with Crippen LogP contribution >= 0.6 is 0 Å². The summed E-state index contributed by atoms with van der Waals surface area (Å²) in [6.45, 7) is 5.83. The molecule has 2 aromatic carbocycles. The lowest BCUT2D eigenvalue weighted by atomic mass is 9.86. The number of rotatable bonds is 5. The van der Waals surface area contributed by atoms with Crippen molar-refractivity contribution >= 4 is 5.96 Å². The lowest BCUT2D eigenvalue weighted by molar-refractivity contribution is 0.262. The van der Waals surface area contributed by atoms with Crippen molar-refractivity contribution in [1.82, 2.24) is 5.32 Å². The third-order valence-corrected chi connectivity index (χ3v) is 4.48. The van der Waals surface area contributed by atoms with Gasteiger partial charge in [-0.15, -0.1) is 0 Å². The number of nitrogens with zero attached hydrogens (tertiary/aromatic N) is 1. The van der Waals surface area contributed by atoms with Crippen LogP contribution in [0.15, 0.2) is 59.6 Å². The molecule has 0 aliphatic carbocycles. The molecule has 0 spiro atoms. The number of hydrogen-bond acceptors (Lipinski definition) is 2. The zero-order chi connectivity index (χ0) is 17.7. The monoisotopic (exact) mass is 337 g/mol. The third kappa shape index (κ3) is 4.75. The maximum absolute atomic E-state index is 6.16. The maximum atomic E-state index is 6.16. The molecular weight excluding hydrogens is 310 g/mol. The lowest BCUT2D eigenvalue weighted by Gasteiger charge is -2.27. The van der Waals surface area contributed by atoms with Crippen molar-refractivity contribution in [2.45, 2.75) is 32.7 Å². The molecule has 0 bridgehead atoms. The molecule has 4 nitrogen and oxygen atoms in total. The molecule has 3 rings (SSSR count). The number of hydrogen-bond donors (Lipinski definition) is 2. The van der Waals surface area contributed by atoms with Gasteiger partial charge in [0.05, 0.1) is 12.6 Å². The smallest absolute Gasteiger partial charge is 0.189 e. The highest BCUT2D eigenvalue weighted by atomic mass is 16.5. The van der Waals surface area contributed by atoms with Crippen LogP contribution in [0, 0.1) is 5.41 Å². The average Bonchev–Trinajstić information content (AvgIpc) is 2.61. The molecule has 132 valence electrons. The summed E-state index contributed by atoms with van der Waals surface area (Å²) in [6.07, 6.45) is 1.87. The summed E-state index contributed by atoms with van der Waals surface area (Å²) in [5.74, 6) is 1.44. The topological polar surface area (TPSA) is 59.6 Å². The standard InChI is InChI=1S/C21H27N3O/c1-21(2,14-16-8-4-3-5-9-16)15-23-20(22)24-18-12-13-25-19-11-7-6-10-17(18)19/h3-11,18H,12-15H2,1-2H3,(H3,22,23,24). The molecule has 0 aromatic heterocycles. The fourth-order valence-electron chi connectivity index (χ4n) is 3.22. The number of nitrogens with one attached hydrogen (secondary N) is 1. The van der Waals surface area contributed by atoms with Crippen molar-refractivity contribution in [3.8, 4) is 5.75 Å². The van der Waals surface area contributed by atoms with Gasteiger partial charge in [0.25, 0.3) is 0 Å². The number of fused-ring (bicyclic) bond motifs is 1. The second kappa shape index (κ2) is 7.60. The Bertz CT molecular complexity index is 725. The van der Waals surface area contributed by atoms with Crippen molar-refractivity contribution in [3.05, 3.63) is 65.7 Å². The van der Waals surface area contributed by atoms with Crippen LogP contribution in [-0.2, 0) is 6.42 Å². The number of ether oxygens (including phenoxy) is 1. The van der Waals surface area contributed by atoms with E-state index in [0.717, 1.165) is 24.2 Å². The van der Waals surface area contributed by atoms with Crippen LogP contribution in [0.25, 0.3) is 0 Å². The number of para-hydroxylation sites is 1. The van der Waals surface area contributed by atoms with Gasteiger partial charge in [-0.05, 0) is 23.5 Å². The molecule has 0 saturated carbocycles. The van der Waals surface area contributed by atoms with Gasteiger partial charge in [-0.3, -0.25) is 4.99 Å². The van der Waals surface area contributed by atoms with E-state index in [0.29, 0.717) is 19.1 Å². The van der Waals surface area contributed by atoms with Crippen LogP contribution < -0.4 is 15.8 Å². The number of aliphatic imine (C=N–C) groups is 1. The molecule has 1 aliphatic heterocycles. The number of nitrogens with two attached hydrogens (primary N) is 1. The predicted molar refractivity (Wildman–Crippen MR) is 103 cm³/mol. The molecule has 25 heavy (non-hydrogen) atoms. The Hall–Kier alpha value is -2.49. The largest absolute Gasteiger partial charge is 0.493 e. The van der Waals surface area contributed by atoms with E-state index in [2.05, 4.69) is 54.5 Å². The molecule has 0 amide bonds. The van der Waals surface area contributed by atoms with Crippen molar-refractivity contribution < 1.29 is 4.74 Å². The molecule has 0 radical (unpaired) electrons. The zero-order valence-electron chi connectivity index (χ0n) is 15.0. The SMILES string of the molecule is CC(C)(CN=C(N)NC1CCOc2ccccc21)Cc1ccccc1. The van der Waals surface area contributed by atoms with E-state index in [-0.39, 0.29) is 11.5 Å². The molecular formula is C21H27N3O. The highest BCUT2D eigenvalue weighted by Gasteiger charge is 2.22. The normalized spacial score (nSPS) is 17.5. The van der Waals surface area contributed by atoms with Gasteiger partial charge in [0.15, 0.2) is 5.96 Å². The molecule has 3 N–H and O–H groups in total. The highest BCUT2D eigenvalue weighted by molar-refractivity contribution is 5.78. The highest BCUT2D eigenvalue weighted by Crippen LogP contribution is 2.31. The number of benzene rings is 2. The fourth-order valence-corrected chi connectivity index (χ4v) is 3.22. The first-order valence-electron chi connectivity index (χ1n) is 8.86. The second-order valence-corrected chi connectivity index (χ2v) is 7.40. The Morgan fingerprint density at radius 1 is 1.16 bits per heavy atom. The van der Waals surface area contributed by atoms with Crippen molar-refractivity contribution in [2.75, 3.05) is 13.2 Å². The quantitative estimate of drug-likeness (QED) is 0.646. The molecule has 1 heterocycles. The van der Waals surface area contributed by atoms with E-state index >= 15 is 0 Å². The van der Waals surface area contributed by atoms with Crippen LogP contribution in [-0.4, -0.2) is 19.1 Å². The Morgan fingerprint density at radius 3 is 2.68 bits per heavy atom. The van der Waals surface area contributed by atoms with Gasteiger partial charge in [-0.2, -0.15) is 0 Å². The zero-order valence-corrected chi connectivity index (χ0v) is 15.0. The van der Waals surface area contributed by atoms with Gasteiger partial charge in [-0.25, -0.2) is 0 Å². The summed E-state index contributed by atoms with van der Waals surface area (Å²) in [5.41, 5.74) is 8.69. The first kappa shape index (κ1) is 17.3. The summed E-state index contributed by atoms with van der Waals surface area (Å²) in [5, 5.41) is 3.36. The Morgan fingerprint density at radius 2 is 1.88 bits per heavy atom. The van der Waals surface area contributed by atoms with Gasteiger partial charge in [0.1, 0.15) is 5.75 Å². The summed E-state index contributed by atoms with van der Waals surface area (Å²) < 4.78 is 5.70. The van der Waals surface area contributed by atoms with E-state index in [9.17, 15) is 0 Å². The molecule has 1 aliphatic rings. The van der Waals surface area contributed by atoms with Crippen LogP contribution in [0.1, 0.15) is 37.4 Å². The minimum Gasteiger partial charge on any atom is -0.493 e. The third-order valence-electron chi connectivity index (χ3n) is 4.48. The van der Waals surface area contributed by atoms with Crippen LogP contribution in [0.2, 0.25) is 0 Å². The van der Waals surface area contributed by atoms with Gasteiger partial charge in [0, 0.05) is 18.5 Å². The van der Waals surface area contributed by atoms with Crippen LogP contribution in [0.3, 0.4) is 0 Å². The summed E-state index contributed by atoms with van der Waals surface area (Å²) >= 11 is 0. The molecule has 4 heteroatoms. The Balaban J connectivity index is 1.61. The molecule has 0 saturated heterocycles. The summed E-state index contributed by atoms with van der Waals surface area (Å²) in [6, 6.07) is 18.8. The first-order chi connectivity index (χ1) is 12.0. The molecule has 1 atom stereocenters. The summed E-state index contributed by atoms with van der Waals surface area (Å²) in [4.78, 5) is 4.60. The predicted octanol–water partition coefficient (Wildman–Crippen LogP) is 3.68. The minimum absolute atomic E-state index is 0.0568. The van der Waals surface area contributed by atoms with E-state index in [1.54, 1.807) is 0 Å². The fraction of sp³-hybridized carbons (Fsp3) is 0.381. The van der Waals surface area contributed by atoms with Crippen LogP contribution in [0.5, 0.6) is 5.75 Å². The lowest BCUT2D eigenvalue weighted by Crippen LogP contribution is -2.38.